The Balaban J connectivity index is 1.89. The SMILES string of the molecule is CC(C)(C)C#Cc1ccc(/C(N)=C/NCC2CCCCO2)cc1. The van der Waals surface area contributed by atoms with Gasteiger partial charge in [-0.1, -0.05) is 24.0 Å². The molecule has 1 aromatic carbocycles. The first-order valence-corrected chi connectivity index (χ1v) is 8.38. The summed E-state index contributed by atoms with van der Waals surface area (Å²) in [6.07, 6.45) is 5.74. The molecule has 1 aromatic rings. The predicted octanol–water partition coefficient (Wildman–Crippen LogP) is 3.50. The fourth-order valence-electron chi connectivity index (χ4n) is 2.36. The van der Waals surface area contributed by atoms with E-state index in [4.69, 9.17) is 10.5 Å². The molecule has 124 valence electrons. The molecule has 0 bridgehead atoms. The van der Waals surface area contributed by atoms with Crippen LogP contribution in [0.15, 0.2) is 30.5 Å². The summed E-state index contributed by atoms with van der Waals surface area (Å²) in [4.78, 5) is 0. The van der Waals surface area contributed by atoms with Crippen LogP contribution in [0.4, 0.5) is 0 Å². The molecule has 3 nitrogen and oxygen atoms in total. The van der Waals surface area contributed by atoms with E-state index in [0.717, 1.165) is 36.4 Å². The summed E-state index contributed by atoms with van der Waals surface area (Å²) in [5.74, 6) is 6.43. The molecule has 23 heavy (non-hydrogen) atoms. The molecule has 0 spiro atoms. The highest BCUT2D eigenvalue weighted by molar-refractivity contribution is 5.63. The van der Waals surface area contributed by atoms with Crippen molar-refractivity contribution in [1.82, 2.24) is 5.32 Å². The van der Waals surface area contributed by atoms with Gasteiger partial charge in [-0.3, -0.25) is 0 Å². The number of hydrogen-bond donors (Lipinski definition) is 2. The zero-order chi connectivity index (χ0) is 16.7. The van der Waals surface area contributed by atoms with Crippen molar-refractivity contribution in [2.24, 2.45) is 11.1 Å². The van der Waals surface area contributed by atoms with Crippen molar-refractivity contribution < 1.29 is 4.74 Å². The molecule has 0 aromatic heterocycles. The predicted molar refractivity (Wildman–Crippen MR) is 96.5 cm³/mol. The maximum absolute atomic E-state index is 6.13. The first-order chi connectivity index (χ1) is 10.9. The molecule has 1 fully saturated rings. The van der Waals surface area contributed by atoms with Gasteiger partial charge in [0.1, 0.15) is 0 Å². The van der Waals surface area contributed by atoms with Gasteiger partial charge in [-0.25, -0.2) is 0 Å². The second kappa shape index (κ2) is 8.08. The van der Waals surface area contributed by atoms with Crippen LogP contribution in [0.25, 0.3) is 5.70 Å². The lowest BCUT2D eigenvalue weighted by Crippen LogP contribution is -2.29. The van der Waals surface area contributed by atoms with Crippen molar-refractivity contribution in [3.8, 4) is 11.8 Å². The zero-order valence-corrected chi connectivity index (χ0v) is 14.5. The van der Waals surface area contributed by atoms with Crippen molar-refractivity contribution in [3.63, 3.8) is 0 Å². The third-order valence-corrected chi connectivity index (χ3v) is 3.68. The van der Waals surface area contributed by atoms with Gasteiger partial charge in [0.25, 0.3) is 0 Å². The van der Waals surface area contributed by atoms with Crippen LogP contribution >= 0.6 is 0 Å². The standard InChI is InChI=1S/C20H28N2O/c1-20(2,3)12-11-16-7-9-17(10-8-16)19(21)15-22-14-18-6-4-5-13-23-18/h7-10,15,18,22H,4-6,13-14,21H2,1-3H3/b19-15-. The third kappa shape index (κ3) is 6.38. The Morgan fingerprint density at radius 2 is 2.04 bits per heavy atom. The molecule has 1 aliphatic heterocycles. The Morgan fingerprint density at radius 3 is 2.65 bits per heavy atom. The average molecular weight is 312 g/mol. The summed E-state index contributed by atoms with van der Waals surface area (Å²) >= 11 is 0. The molecule has 2 rings (SSSR count). The highest BCUT2D eigenvalue weighted by Crippen LogP contribution is 2.14. The zero-order valence-electron chi connectivity index (χ0n) is 14.5. The van der Waals surface area contributed by atoms with Crippen molar-refractivity contribution in [2.45, 2.75) is 46.1 Å². The third-order valence-electron chi connectivity index (χ3n) is 3.68. The van der Waals surface area contributed by atoms with E-state index in [-0.39, 0.29) is 5.41 Å². The fraction of sp³-hybridized carbons (Fsp3) is 0.500. The van der Waals surface area contributed by atoms with Gasteiger partial charge in [0.15, 0.2) is 0 Å². The molecule has 1 atom stereocenters. The molecule has 1 heterocycles. The molecule has 0 aliphatic carbocycles. The number of hydrogen-bond acceptors (Lipinski definition) is 3. The Labute approximate surface area is 140 Å². The topological polar surface area (TPSA) is 47.3 Å². The van der Waals surface area contributed by atoms with Gasteiger partial charge in [0.2, 0.25) is 0 Å². The quantitative estimate of drug-likeness (QED) is 0.837. The van der Waals surface area contributed by atoms with Gasteiger partial charge in [-0.05, 0) is 57.7 Å². The molecule has 3 N–H and O–H groups in total. The van der Waals surface area contributed by atoms with Crippen molar-refractivity contribution in [3.05, 3.63) is 41.6 Å². The minimum atomic E-state index is 0.0166. The molecular weight excluding hydrogens is 284 g/mol. The molecule has 1 saturated heterocycles. The average Bonchev–Trinajstić information content (AvgIpc) is 2.54. The molecular formula is C20H28N2O. The summed E-state index contributed by atoms with van der Waals surface area (Å²) in [5.41, 5.74) is 8.89. The van der Waals surface area contributed by atoms with Crippen LogP contribution in [0.2, 0.25) is 0 Å². The van der Waals surface area contributed by atoms with Crippen LogP contribution in [0.1, 0.15) is 51.2 Å². The van der Waals surface area contributed by atoms with Crippen molar-refractivity contribution in [1.29, 1.82) is 0 Å². The summed E-state index contributed by atoms with van der Waals surface area (Å²) in [6.45, 7) is 8.02. The van der Waals surface area contributed by atoms with E-state index in [0.29, 0.717) is 6.10 Å². The van der Waals surface area contributed by atoms with E-state index in [2.05, 4.69) is 37.9 Å². The lowest BCUT2D eigenvalue weighted by atomic mass is 9.97. The second-order valence-electron chi connectivity index (χ2n) is 7.07. The molecule has 0 saturated carbocycles. The number of ether oxygens (including phenoxy) is 1. The van der Waals surface area contributed by atoms with Crippen molar-refractivity contribution >= 4 is 5.70 Å². The number of nitrogens with two attached hydrogens (primary N) is 1. The maximum Gasteiger partial charge on any atom is 0.0747 e. The van der Waals surface area contributed by atoms with Gasteiger partial charge < -0.3 is 15.8 Å². The maximum atomic E-state index is 6.13. The first-order valence-electron chi connectivity index (χ1n) is 8.38. The van der Waals surface area contributed by atoms with E-state index in [9.17, 15) is 0 Å². The van der Waals surface area contributed by atoms with E-state index < -0.39 is 0 Å². The highest BCUT2D eigenvalue weighted by Gasteiger charge is 2.12. The molecule has 0 amide bonds. The normalized spacial score (nSPS) is 18.9. The monoisotopic (exact) mass is 312 g/mol. The largest absolute Gasteiger partial charge is 0.397 e. The Morgan fingerprint density at radius 1 is 1.30 bits per heavy atom. The van der Waals surface area contributed by atoms with E-state index in [1.807, 2.05) is 30.5 Å². The van der Waals surface area contributed by atoms with E-state index in [1.165, 1.54) is 12.8 Å². The van der Waals surface area contributed by atoms with E-state index in [1.54, 1.807) is 0 Å². The summed E-state index contributed by atoms with van der Waals surface area (Å²) in [7, 11) is 0. The van der Waals surface area contributed by atoms with Gasteiger partial charge in [0.05, 0.1) is 11.8 Å². The lowest BCUT2D eigenvalue weighted by molar-refractivity contribution is 0.0188. The Hall–Kier alpha value is -1.92. The van der Waals surface area contributed by atoms with E-state index >= 15 is 0 Å². The summed E-state index contributed by atoms with van der Waals surface area (Å²) in [6, 6.07) is 8.05. The molecule has 3 heteroatoms. The van der Waals surface area contributed by atoms with Crippen LogP contribution in [-0.4, -0.2) is 19.3 Å². The van der Waals surface area contributed by atoms with Crippen LogP contribution in [-0.2, 0) is 4.74 Å². The number of benzene rings is 1. The Kier molecular flexibility index (Phi) is 6.12. The number of nitrogens with one attached hydrogen (secondary N) is 1. The Bertz CT molecular complexity index is 579. The van der Waals surface area contributed by atoms with Crippen molar-refractivity contribution in [2.75, 3.05) is 13.2 Å². The first kappa shape index (κ1) is 17.4. The molecule has 0 radical (unpaired) electrons. The fourth-order valence-corrected chi connectivity index (χ4v) is 2.36. The van der Waals surface area contributed by atoms with Gasteiger partial charge in [-0.15, -0.1) is 0 Å². The lowest BCUT2D eigenvalue weighted by Gasteiger charge is -2.22. The highest BCUT2D eigenvalue weighted by atomic mass is 16.5. The van der Waals surface area contributed by atoms with Crippen LogP contribution in [0.3, 0.4) is 0 Å². The smallest absolute Gasteiger partial charge is 0.0747 e. The minimum Gasteiger partial charge on any atom is -0.397 e. The van der Waals surface area contributed by atoms with Gasteiger partial charge in [-0.2, -0.15) is 0 Å². The van der Waals surface area contributed by atoms with Gasteiger partial charge >= 0.3 is 0 Å². The van der Waals surface area contributed by atoms with Crippen LogP contribution in [0.5, 0.6) is 0 Å². The number of rotatable bonds is 4. The molecule has 1 unspecified atom stereocenters. The van der Waals surface area contributed by atoms with Crippen LogP contribution in [0, 0.1) is 17.3 Å². The second-order valence-corrected chi connectivity index (χ2v) is 7.07. The minimum absolute atomic E-state index is 0.0166. The molecule has 1 aliphatic rings. The van der Waals surface area contributed by atoms with Crippen LogP contribution < -0.4 is 11.1 Å². The summed E-state index contributed by atoms with van der Waals surface area (Å²) in [5, 5.41) is 3.27. The summed E-state index contributed by atoms with van der Waals surface area (Å²) < 4.78 is 5.69. The van der Waals surface area contributed by atoms with Gasteiger partial charge in [0, 0.05) is 30.3 Å².